The fourth-order valence-corrected chi connectivity index (χ4v) is 3.67. The van der Waals surface area contributed by atoms with Gasteiger partial charge in [0, 0.05) is 19.5 Å². The zero-order chi connectivity index (χ0) is 27.3. The highest BCUT2D eigenvalue weighted by molar-refractivity contribution is 5.92. The van der Waals surface area contributed by atoms with E-state index in [1.54, 1.807) is 52.0 Å². The van der Waals surface area contributed by atoms with E-state index in [0.717, 1.165) is 24.8 Å². The van der Waals surface area contributed by atoms with Crippen LogP contribution >= 0.6 is 0 Å². The maximum Gasteiger partial charge on any atom is 0.408 e. The van der Waals surface area contributed by atoms with Crippen LogP contribution in [-0.2, 0) is 19.1 Å². The van der Waals surface area contributed by atoms with Crippen molar-refractivity contribution in [3.05, 3.63) is 42.0 Å². The Hall–Kier alpha value is -3.36. The molecular formula is C27H42N4O5. The van der Waals surface area contributed by atoms with E-state index in [0.29, 0.717) is 12.1 Å². The summed E-state index contributed by atoms with van der Waals surface area (Å²) in [6, 6.07) is 5.18. The molecular weight excluding hydrogens is 460 g/mol. The van der Waals surface area contributed by atoms with Gasteiger partial charge in [-0.25, -0.2) is 4.79 Å². The summed E-state index contributed by atoms with van der Waals surface area (Å²) in [5.41, 5.74) is 5.95. The normalized spacial score (nSPS) is 12.7. The van der Waals surface area contributed by atoms with E-state index in [-0.39, 0.29) is 25.3 Å². The van der Waals surface area contributed by atoms with Crippen molar-refractivity contribution in [3.8, 4) is 0 Å². The lowest BCUT2D eigenvalue weighted by Crippen LogP contribution is -2.53. The van der Waals surface area contributed by atoms with Crippen molar-refractivity contribution >= 4 is 29.9 Å². The SMILES string of the molecule is C=Cc1cccc(C(C(=O)NCCCCC)N(CC)C(=O)C(CCC(N)=O)NC(=O)OC(C)(C)C)c1. The van der Waals surface area contributed by atoms with E-state index >= 15 is 0 Å². The molecule has 200 valence electrons. The Morgan fingerprint density at radius 2 is 1.86 bits per heavy atom. The molecule has 2 unspecified atom stereocenters. The number of carbonyl (C=O) groups excluding carboxylic acids is 4. The number of carbonyl (C=O) groups is 4. The number of ether oxygens (including phenoxy) is 1. The molecule has 2 atom stereocenters. The molecule has 4 N–H and O–H groups in total. The van der Waals surface area contributed by atoms with Crippen molar-refractivity contribution in [2.75, 3.05) is 13.1 Å². The van der Waals surface area contributed by atoms with Gasteiger partial charge in [0.25, 0.3) is 0 Å². The molecule has 0 aliphatic carbocycles. The number of hydrogen-bond donors (Lipinski definition) is 3. The Bertz CT molecular complexity index is 910. The van der Waals surface area contributed by atoms with Crippen molar-refractivity contribution in [2.24, 2.45) is 5.73 Å². The van der Waals surface area contributed by atoms with E-state index in [4.69, 9.17) is 10.5 Å². The van der Waals surface area contributed by atoms with E-state index in [2.05, 4.69) is 24.1 Å². The fraction of sp³-hybridized carbons (Fsp3) is 0.556. The molecule has 0 saturated heterocycles. The second-order valence-electron chi connectivity index (χ2n) is 9.60. The lowest BCUT2D eigenvalue weighted by Gasteiger charge is -2.34. The first-order valence-electron chi connectivity index (χ1n) is 12.5. The number of alkyl carbamates (subject to hydrolysis) is 1. The van der Waals surface area contributed by atoms with Gasteiger partial charge < -0.3 is 26.0 Å². The zero-order valence-electron chi connectivity index (χ0n) is 22.3. The van der Waals surface area contributed by atoms with Gasteiger partial charge in [0.1, 0.15) is 17.7 Å². The van der Waals surface area contributed by atoms with Gasteiger partial charge in [0.15, 0.2) is 0 Å². The molecule has 0 saturated carbocycles. The van der Waals surface area contributed by atoms with Gasteiger partial charge in [-0.05, 0) is 57.7 Å². The molecule has 0 heterocycles. The van der Waals surface area contributed by atoms with Crippen molar-refractivity contribution in [3.63, 3.8) is 0 Å². The summed E-state index contributed by atoms with van der Waals surface area (Å²) >= 11 is 0. The number of nitrogens with one attached hydrogen (secondary N) is 2. The van der Waals surface area contributed by atoms with E-state index in [1.807, 2.05) is 6.07 Å². The molecule has 1 aromatic rings. The zero-order valence-corrected chi connectivity index (χ0v) is 22.3. The molecule has 0 bridgehead atoms. The summed E-state index contributed by atoms with van der Waals surface area (Å²) < 4.78 is 5.31. The summed E-state index contributed by atoms with van der Waals surface area (Å²) in [5.74, 6) is -1.44. The van der Waals surface area contributed by atoms with Gasteiger partial charge in [0.05, 0.1) is 0 Å². The molecule has 1 rings (SSSR count). The smallest absolute Gasteiger partial charge is 0.408 e. The van der Waals surface area contributed by atoms with Crippen molar-refractivity contribution in [1.29, 1.82) is 0 Å². The first-order chi connectivity index (χ1) is 16.9. The topological polar surface area (TPSA) is 131 Å². The molecule has 4 amide bonds. The van der Waals surface area contributed by atoms with Gasteiger partial charge in [-0.2, -0.15) is 0 Å². The molecule has 9 nitrogen and oxygen atoms in total. The van der Waals surface area contributed by atoms with Crippen molar-refractivity contribution in [1.82, 2.24) is 15.5 Å². The molecule has 0 radical (unpaired) electrons. The Morgan fingerprint density at radius 3 is 2.42 bits per heavy atom. The van der Waals surface area contributed by atoms with Gasteiger partial charge in [0.2, 0.25) is 17.7 Å². The molecule has 0 aliphatic heterocycles. The fourth-order valence-electron chi connectivity index (χ4n) is 3.67. The average Bonchev–Trinajstić information content (AvgIpc) is 2.81. The van der Waals surface area contributed by atoms with E-state index in [9.17, 15) is 19.2 Å². The highest BCUT2D eigenvalue weighted by Crippen LogP contribution is 2.24. The molecule has 0 aliphatic rings. The summed E-state index contributed by atoms with van der Waals surface area (Å²) in [7, 11) is 0. The van der Waals surface area contributed by atoms with Crippen LogP contribution in [0.25, 0.3) is 6.08 Å². The second-order valence-corrected chi connectivity index (χ2v) is 9.60. The first-order valence-corrected chi connectivity index (χ1v) is 12.5. The second kappa shape index (κ2) is 14.9. The van der Waals surface area contributed by atoms with Crippen LogP contribution in [-0.4, -0.2) is 53.4 Å². The van der Waals surface area contributed by atoms with Crippen LogP contribution in [0.15, 0.2) is 30.8 Å². The minimum atomic E-state index is -1.11. The quantitative estimate of drug-likeness (QED) is 0.334. The lowest BCUT2D eigenvalue weighted by atomic mass is 9.99. The Kier molecular flexibility index (Phi) is 12.7. The highest BCUT2D eigenvalue weighted by atomic mass is 16.6. The third kappa shape index (κ3) is 10.5. The Morgan fingerprint density at radius 1 is 1.17 bits per heavy atom. The van der Waals surface area contributed by atoms with Gasteiger partial charge >= 0.3 is 6.09 Å². The van der Waals surface area contributed by atoms with Crippen molar-refractivity contribution < 1.29 is 23.9 Å². The van der Waals surface area contributed by atoms with Crippen molar-refractivity contribution in [2.45, 2.75) is 84.4 Å². The maximum atomic E-state index is 13.7. The number of nitrogens with two attached hydrogens (primary N) is 1. The number of amides is 4. The summed E-state index contributed by atoms with van der Waals surface area (Å²) in [5, 5.41) is 5.50. The molecule has 0 fully saturated rings. The number of nitrogens with zero attached hydrogens (tertiary/aromatic N) is 1. The number of primary amides is 1. The molecule has 36 heavy (non-hydrogen) atoms. The van der Waals surface area contributed by atoms with Crippen LogP contribution in [0.2, 0.25) is 0 Å². The largest absolute Gasteiger partial charge is 0.444 e. The van der Waals surface area contributed by atoms with Crippen LogP contribution in [0.3, 0.4) is 0 Å². The predicted octanol–water partition coefficient (Wildman–Crippen LogP) is 3.68. The number of benzene rings is 1. The highest BCUT2D eigenvalue weighted by Gasteiger charge is 2.35. The summed E-state index contributed by atoms with van der Waals surface area (Å²) in [6.07, 6.45) is 3.53. The number of unbranched alkanes of at least 4 members (excludes halogenated alkanes) is 2. The molecule has 0 aromatic heterocycles. The number of hydrogen-bond acceptors (Lipinski definition) is 5. The summed E-state index contributed by atoms with van der Waals surface area (Å²) in [6.45, 7) is 13.4. The minimum Gasteiger partial charge on any atom is -0.444 e. The number of rotatable bonds is 14. The van der Waals surface area contributed by atoms with Crippen LogP contribution < -0.4 is 16.4 Å². The standard InChI is InChI=1S/C27H42N4O5/c1-7-10-11-17-29-24(33)23(20-14-12-13-19(8-2)18-20)31(9-3)25(34)21(15-16-22(28)32)30-26(35)36-27(4,5)6/h8,12-14,18,21,23H,2,7,9-11,15-17H2,1,3-6H3,(H2,28,32)(H,29,33)(H,30,35). The summed E-state index contributed by atoms with van der Waals surface area (Å²) in [4.78, 5) is 52.5. The lowest BCUT2D eigenvalue weighted by molar-refractivity contribution is -0.142. The first kappa shape index (κ1) is 30.7. The maximum absolute atomic E-state index is 13.7. The van der Waals surface area contributed by atoms with Crippen LogP contribution in [0.1, 0.15) is 83.9 Å². The van der Waals surface area contributed by atoms with Crippen LogP contribution in [0, 0.1) is 0 Å². The third-order valence-electron chi connectivity index (χ3n) is 5.39. The average molecular weight is 503 g/mol. The van der Waals surface area contributed by atoms with Gasteiger partial charge in [-0.15, -0.1) is 0 Å². The molecule has 9 heteroatoms. The van der Waals surface area contributed by atoms with E-state index < -0.39 is 35.6 Å². The molecule has 1 aromatic carbocycles. The minimum absolute atomic E-state index is 0.0263. The van der Waals surface area contributed by atoms with Crippen LogP contribution in [0.4, 0.5) is 4.79 Å². The predicted molar refractivity (Wildman–Crippen MR) is 141 cm³/mol. The van der Waals surface area contributed by atoms with E-state index in [1.165, 1.54) is 4.90 Å². The Balaban J connectivity index is 3.34. The molecule has 0 spiro atoms. The third-order valence-corrected chi connectivity index (χ3v) is 5.39. The van der Waals surface area contributed by atoms with Gasteiger partial charge in [-0.3, -0.25) is 14.4 Å². The van der Waals surface area contributed by atoms with Gasteiger partial charge in [-0.1, -0.05) is 50.6 Å². The Labute approximate surface area is 214 Å². The monoisotopic (exact) mass is 502 g/mol. The number of likely N-dealkylation sites (N-methyl/N-ethyl adjacent to an activating group) is 1. The van der Waals surface area contributed by atoms with Crippen LogP contribution in [0.5, 0.6) is 0 Å².